The first-order valence-electron chi connectivity index (χ1n) is 1.87. The lowest BCUT2D eigenvalue weighted by Crippen LogP contribution is -2.22. The van der Waals surface area contributed by atoms with Crippen molar-refractivity contribution in [3.63, 3.8) is 0 Å². The Bertz CT molecular complexity index is 106. The van der Waals surface area contributed by atoms with E-state index in [9.17, 15) is 9.59 Å². The monoisotopic (exact) mass is 101 g/mol. The third-order valence-electron chi connectivity index (χ3n) is 0.662. The summed E-state index contributed by atoms with van der Waals surface area (Å²) < 4.78 is 0. The molecule has 1 fully saturated rings. The van der Waals surface area contributed by atoms with Crippen molar-refractivity contribution >= 4 is 11.9 Å². The van der Waals surface area contributed by atoms with Gasteiger partial charge in [-0.2, -0.15) is 0 Å². The van der Waals surface area contributed by atoms with Gasteiger partial charge in [-0.15, -0.1) is 0 Å². The SMILES string of the molecule is O=C1C[15NH]C(=O)N1. The molecule has 1 rings (SSSR count). The highest BCUT2D eigenvalue weighted by Gasteiger charge is 2.14. The molecule has 1 aliphatic heterocycles. The van der Waals surface area contributed by atoms with E-state index >= 15 is 0 Å². The largest absolute Gasteiger partial charge is 0.329 e. The molecule has 1 heterocycles. The first-order chi connectivity index (χ1) is 3.29. The maximum Gasteiger partial charge on any atom is 0.321 e. The molecule has 2 N–H and O–H groups in total. The molecule has 4 heteroatoms. The summed E-state index contributed by atoms with van der Waals surface area (Å²) in [6.07, 6.45) is 0. The summed E-state index contributed by atoms with van der Waals surface area (Å²) in [4.78, 5) is 20.1. The molecule has 3 amide bonds. The first-order valence-corrected chi connectivity index (χ1v) is 1.87. The van der Waals surface area contributed by atoms with Crippen LogP contribution in [0.5, 0.6) is 0 Å². The molecule has 0 aliphatic carbocycles. The number of carbonyl (C=O) groups excluding carboxylic acids is 2. The quantitative estimate of drug-likeness (QED) is 0.298. The summed E-state index contributed by atoms with van der Waals surface area (Å²) in [6.45, 7) is 0.124. The van der Waals surface area contributed by atoms with E-state index in [2.05, 4.69) is 5.32 Å². The minimum Gasteiger partial charge on any atom is -0.329 e. The molecular weight excluding hydrogens is 97.0 g/mol. The van der Waals surface area contributed by atoms with Gasteiger partial charge >= 0.3 is 6.03 Å². The van der Waals surface area contributed by atoms with Crippen molar-refractivity contribution in [2.75, 3.05) is 6.54 Å². The van der Waals surface area contributed by atoms with Crippen LogP contribution in [0.4, 0.5) is 4.79 Å². The van der Waals surface area contributed by atoms with E-state index in [-0.39, 0.29) is 12.5 Å². The normalized spacial score (nSPS) is 18.9. The average molecular weight is 101 g/mol. The maximum absolute atomic E-state index is 10.1. The lowest BCUT2D eigenvalue weighted by Gasteiger charge is -1.78. The number of urea groups is 1. The van der Waals surface area contributed by atoms with Gasteiger partial charge in [0.1, 0.15) is 0 Å². The van der Waals surface area contributed by atoms with E-state index in [1.54, 1.807) is 0 Å². The summed E-state index contributed by atoms with van der Waals surface area (Å²) in [5.74, 6) is -0.259. The first kappa shape index (κ1) is 4.11. The minimum atomic E-state index is -0.398. The van der Waals surface area contributed by atoms with Crippen LogP contribution >= 0.6 is 0 Å². The fourth-order valence-corrected chi connectivity index (χ4v) is 0.376. The fraction of sp³-hybridized carbons (Fsp3) is 0.333. The van der Waals surface area contributed by atoms with Crippen LogP contribution in [0.1, 0.15) is 0 Å². The molecule has 0 atom stereocenters. The van der Waals surface area contributed by atoms with Crippen LogP contribution in [-0.4, -0.2) is 18.5 Å². The molecule has 0 radical (unpaired) electrons. The number of hydrogen-bond acceptors (Lipinski definition) is 2. The highest BCUT2D eigenvalue weighted by Crippen LogP contribution is 1.73. The Labute approximate surface area is 39.9 Å². The zero-order valence-electron chi connectivity index (χ0n) is 3.52. The molecule has 0 aromatic rings. The molecule has 0 spiro atoms. The van der Waals surface area contributed by atoms with Crippen LogP contribution in [0.25, 0.3) is 0 Å². The molecule has 1 saturated heterocycles. The highest BCUT2D eigenvalue weighted by atomic mass is 16.2. The van der Waals surface area contributed by atoms with E-state index in [0.29, 0.717) is 0 Å². The number of imide groups is 1. The second kappa shape index (κ2) is 1.22. The molecule has 0 unspecified atom stereocenters. The Morgan fingerprint density at radius 3 is 2.29 bits per heavy atom. The van der Waals surface area contributed by atoms with Gasteiger partial charge in [-0.05, 0) is 0 Å². The van der Waals surface area contributed by atoms with Gasteiger partial charge in [-0.1, -0.05) is 0 Å². The third kappa shape index (κ3) is 0.677. The molecule has 38 valence electrons. The summed E-state index contributed by atoms with van der Waals surface area (Å²) in [5, 5.41) is 4.30. The Morgan fingerprint density at radius 1 is 1.43 bits per heavy atom. The summed E-state index contributed by atoms with van der Waals surface area (Å²) in [7, 11) is 0. The standard InChI is InChI=1S/C3H4N2O2/c6-2-1-4-3(7)5-2/h1H2,(H2,4,5,6,7)/i4+1. The Balaban J connectivity index is 2.55. The van der Waals surface area contributed by atoms with Crippen LogP contribution in [0.2, 0.25) is 0 Å². The predicted octanol–water partition coefficient (Wildman–Crippen LogP) is -1.17. The van der Waals surface area contributed by atoms with E-state index in [1.165, 1.54) is 0 Å². The molecule has 0 aromatic heterocycles. The van der Waals surface area contributed by atoms with Crippen LogP contribution in [0.15, 0.2) is 0 Å². The number of hydrogen-bond donors (Lipinski definition) is 2. The van der Waals surface area contributed by atoms with E-state index < -0.39 is 6.03 Å². The van der Waals surface area contributed by atoms with Crippen molar-refractivity contribution in [1.82, 2.24) is 10.6 Å². The smallest absolute Gasteiger partial charge is 0.321 e. The molecule has 1 aliphatic rings. The van der Waals surface area contributed by atoms with E-state index in [4.69, 9.17) is 0 Å². The lowest BCUT2D eigenvalue weighted by molar-refractivity contribution is -0.117. The Hall–Kier alpha value is -1.06. The molecule has 0 aromatic carbocycles. The molecular formula is C3H4N2O2. The Kier molecular flexibility index (Phi) is 0.714. The summed E-state index contributed by atoms with van der Waals surface area (Å²) >= 11 is 0. The second-order valence-corrected chi connectivity index (χ2v) is 1.23. The highest BCUT2D eigenvalue weighted by molar-refractivity contribution is 6.01. The van der Waals surface area contributed by atoms with Gasteiger partial charge in [0.05, 0.1) is 6.54 Å². The van der Waals surface area contributed by atoms with Crippen molar-refractivity contribution in [2.24, 2.45) is 0 Å². The van der Waals surface area contributed by atoms with Gasteiger partial charge in [-0.3, -0.25) is 10.1 Å². The van der Waals surface area contributed by atoms with Crippen molar-refractivity contribution < 1.29 is 9.59 Å². The van der Waals surface area contributed by atoms with Gasteiger partial charge < -0.3 is 5.32 Å². The molecule has 4 nitrogen and oxygen atoms in total. The van der Waals surface area contributed by atoms with Gasteiger partial charge in [0.25, 0.3) is 0 Å². The summed E-state index contributed by atoms with van der Waals surface area (Å²) in [6, 6.07) is -0.398. The molecule has 0 saturated carbocycles. The van der Waals surface area contributed by atoms with Crippen LogP contribution in [0.3, 0.4) is 0 Å². The number of amides is 3. The van der Waals surface area contributed by atoms with E-state index in [1.807, 2.05) is 5.32 Å². The lowest BCUT2D eigenvalue weighted by atomic mass is 10.7. The molecule has 0 bridgehead atoms. The van der Waals surface area contributed by atoms with Gasteiger partial charge in [0.15, 0.2) is 0 Å². The van der Waals surface area contributed by atoms with Crippen molar-refractivity contribution in [3.05, 3.63) is 0 Å². The number of nitrogens with one attached hydrogen (secondary N) is 2. The Morgan fingerprint density at radius 2 is 2.14 bits per heavy atom. The zero-order valence-corrected chi connectivity index (χ0v) is 3.52. The predicted molar refractivity (Wildman–Crippen MR) is 21.5 cm³/mol. The fourth-order valence-electron chi connectivity index (χ4n) is 0.376. The summed E-state index contributed by atoms with van der Waals surface area (Å²) in [5.41, 5.74) is 0. The number of carbonyl (C=O) groups is 2. The second-order valence-electron chi connectivity index (χ2n) is 1.23. The van der Waals surface area contributed by atoms with Gasteiger partial charge in [0.2, 0.25) is 5.91 Å². The van der Waals surface area contributed by atoms with Crippen LogP contribution in [-0.2, 0) is 4.79 Å². The zero-order chi connectivity index (χ0) is 5.28. The minimum absolute atomic E-state index is 0.124. The maximum atomic E-state index is 10.1. The van der Waals surface area contributed by atoms with E-state index in [0.717, 1.165) is 0 Å². The van der Waals surface area contributed by atoms with Gasteiger partial charge in [-0.25, -0.2) is 4.79 Å². The average Bonchev–Trinajstić information content (AvgIpc) is 1.87. The number of rotatable bonds is 0. The van der Waals surface area contributed by atoms with Crippen LogP contribution < -0.4 is 10.6 Å². The van der Waals surface area contributed by atoms with Crippen molar-refractivity contribution in [1.29, 1.82) is 0 Å². The van der Waals surface area contributed by atoms with Gasteiger partial charge in [0, 0.05) is 0 Å². The molecule has 7 heavy (non-hydrogen) atoms. The van der Waals surface area contributed by atoms with Crippen molar-refractivity contribution in [3.8, 4) is 0 Å². The third-order valence-corrected chi connectivity index (χ3v) is 0.662. The van der Waals surface area contributed by atoms with Crippen LogP contribution in [0, 0.1) is 0 Å². The van der Waals surface area contributed by atoms with Crippen molar-refractivity contribution in [2.45, 2.75) is 0 Å². The topological polar surface area (TPSA) is 58.2 Å².